The molecule has 39 heavy (non-hydrogen) atoms. The van der Waals surface area contributed by atoms with Crippen molar-refractivity contribution in [3.05, 3.63) is 83.4 Å². The van der Waals surface area contributed by atoms with Gasteiger partial charge in [-0.2, -0.15) is 0 Å². The molecule has 2 atom stereocenters. The molecule has 1 aliphatic rings. The lowest BCUT2D eigenvalue weighted by atomic mass is 9.69. The number of nitrogens with one attached hydrogen (secondary N) is 1. The first-order valence-electron chi connectivity index (χ1n) is 13.4. The molecule has 0 spiro atoms. The van der Waals surface area contributed by atoms with E-state index in [4.69, 9.17) is 10.5 Å². The number of imidazole rings is 1. The molecule has 2 aromatic carbocycles. The second-order valence-corrected chi connectivity index (χ2v) is 10.5. The zero-order valence-electron chi connectivity index (χ0n) is 22.5. The fourth-order valence-corrected chi connectivity index (χ4v) is 5.72. The van der Waals surface area contributed by atoms with Gasteiger partial charge in [0, 0.05) is 42.6 Å². The van der Waals surface area contributed by atoms with Gasteiger partial charge < -0.3 is 20.4 Å². The van der Waals surface area contributed by atoms with Gasteiger partial charge >= 0.3 is 0 Å². The van der Waals surface area contributed by atoms with E-state index < -0.39 is 34.8 Å². The summed E-state index contributed by atoms with van der Waals surface area (Å²) in [6.45, 7) is 2.64. The standard InChI is InChI=1S/C30H36F2N4O3/c1-3-4-5-12-30(25-14-21(31)8-11-26(25)32)17-36(18-30)29(38)24(13-20-6-9-22(39-2)10-7-20)23(15-28(33)37)27-16-34-19-35-27/h6-11,14,16,19,23-24H,3-5,12-13,15,17-18H2,1-2H3,(H2,33,37)(H,34,35)/t23?,24-/m1/s1. The minimum Gasteiger partial charge on any atom is -0.497 e. The molecule has 0 bridgehead atoms. The summed E-state index contributed by atoms with van der Waals surface area (Å²) in [7, 11) is 1.58. The highest BCUT2D eigenvalue weighted by Gasteiger charge is 2.49. The van der Waals surface area contributed by atoms with Crippen molar-refractivity contribution >= 4 is 11.8 Å². The third kappa shape index (κ3) is 6.46. The van der Waals surface area contributed by atoms with Crippen LogP contribution < -0.4 is 10.5 Å². The number of hydrogen-bond acceptors (Lipinski definition) is 4. The van der Waals surface area contributed by atoms with Crippen molar-refractivity contribution in [1.82, 2.24) is 14.9 Å². The van der Waals surface area contributed by atoms with E-state index in [9.17, 15) is 18.4 Å². The number of nitrogens with two attached hydrogens (primary N) is 1. The number of aromatic amines is 1. The number of ether oxygens (including phenoxy) is 1. The second kappa shape index (κ2) is 12.4. The van der Waals surface area contributed by atoms with Gasteiger partial charge in [0.15, 0.2) is 0 Å². The molecule has 208 valence electrons. The van der Waals surface area contributed by atoms with Crippen molar-refractivity contribution in [2.45, 2.75) is 56.8 Å². The summed E-state index contributed by atoms with van der Waals surface area (Å²) in [5, 5.41) is 0. The number of hydrogen-bond donors (Lipinski definition) is 2. The molecule has 0 saturated carbocycles. The average Bonchev–Trinajstić information content (AvgIpc) is 3.44. The number of amides is 2. The van der Waals surface area contributed by atoms with E-state index in [1.54, 1.807) is 18.2 Å². The van der Waals surface area contributed by atoms with Gasteiger partial charge in [-0.05, 0) is 48.7 Å². The first kappa shape index (κ1) is 28.3. The van der Waals surface area contributed by atoms with Crippen LogP contribution in [0.1, 0.15) is 61.8 Å². The van der Waals surface area contributed by atoms with Crippen molar-refractivity contribution in [1.29, 1.82) is 0 Å². The predicted octanol–water partition coefficient (Wildman–Crippen LogP) is 4.87. The molecular weight excluding hydrogens is 502 g/mol. The van der Waals surface area contributed by atoms with Gasteiger partial charge in [0.25, 0.3) is 0 Å². The zero-order chi connectivity index (χ0) is 28.0. The number of nitrogens with zero attached hydrogens (tertiary/aromatic N) is 2. The third-order valence-electron chi connectivity index (χ3n) is 7.80. The maximum absolute atomic E-state index is 14.9. The molecule has 1 saturated heterocycles. The number of aromatic nitrogens is 2. The molecule has 0 radical (unpaired) electrons. The number of likely N-dealkylation sites (tertiary alicyclic amines) is 1. The SMILES string of the molecule is CCCCCC1(c2cc(F)ccc2F)CN(C(=O)[C@H](Cc2ccc(OC)cc2)C(CC(N)=O)c2c[nH]cn2)C1. The number of carbonyl (C=O) groups is 2. The van der Waals surface area contributed by atoms with Crippen LogP contribution in [0, 0.1) is 17.6 Å². The van der Waals surface area contributed by atoms with Crippen LogP contribution in [0.3, 0.4) is 0 Å². The minimum absolute atomic E-state index is 0.0502. The first-order valence-corrected chi connectivity index (χ1v) is 13.4. The molecule has 4 rings (SSSR count). The Morgan fingerprint density at radius 1 is 1.15 bits per heavy atom. The van der Waals surface area contributed by atoms with Crippen LogP contribution in [0.15, 0.2) is 55.0 Å². The highest BCUT2D eigenvalue weighted by atomic mass is 19.1. The summed E-state index contributed by atoms with van der Waals surface area (Å²) in [6, 6.07) is 11.0. The molecule has 1 aliphatic heterocycles. The van der Waals surface area contributed by atoms with Crippen LogP contribution in [0.4, 0.5) is 8.78 Å². The molecule has 1 fully saturated rings. The van der Waals surface area contributed by atoms with Crippen molar-refractivity contribution in [2.75, 3.05) is 20.2 Å². The molecule has 2 amide bonds. The average molecular weight is 539 g/mol. The lowest BCUT2D eigenvalue weighted by molar-refractivity contribution is -0.145. The highest BCUT2D eigenvalue weighted by molar-refractivity contribution is 5.83. The van der Waals surface area contributed by atoms with Crippen LogP contribution in [0.25, 0.3) is 0 Å². The molecule has 3 aromatic rings. The monoisotopic (exact) mass is 538 g/mol. The van der Waals surface area contributed by atoms with E-state index in [0.717, 1.165) is 37.0 Å². The Morgan fingerprint density at radius 3 is 2.51 bits per heavy atom. The largest absolute Gasteiger partial charge is 0.497 e. The Hall–Kier alpha value is -3.75. The van der Waals surface area contributed by atoms with Crippen LogP contribution in [0.2, 0.25) is 0 Å². The molecule has 1 unspecified atom stereocenters. The smallest absolute Gasteiger partial charge is 0.226 e. The van der Waals surface area contributed by atoms with Gasteiger partial charge in [-0.15, -0.1) is 0 Å². The van der Waals surface area contributed by atoms with Gasteiger partial charge in [-0.3, -0.25) is 9.59 Å². The number of carbonyl (C=O) groups excluding carboxylic acids is 2. The van der Waals surface area contributed by atoms with Crippen LogP contribution in [-0.2, 0) is 21.4 Å². The van der Waals surface area contributed by atoms with Gasteiger partial charge in [-0.25, -0.2) is 13.8 Å². The maximum Gasteiger partial charge on any atom is 0.226 e. The molecular formula is C30H36F2N4O3. The normalized spacial score (nSPS) is 15.8. The first-order chi connectivity index (χ1) is 18.8. The Labute approximate surface area is 227 Å². The maximum atomic E-state index is 14.9. The highest BCUT2D eigenvalue weighted by Crippen LogP contribution is 2.43. The predicted molar refractivity (Wildman–Crippen MR) is 144 cm³/mol. The van der Waals surface area contributed by atoms with Crippen molar-refractivity contribution in [3.8, 4) is 5.75 Å². The molecule has 1 aromatic heterocycles. The lowest BCUT2D eigenvalue weighted by Gasteiger charge is -2.52. The van der Waals surface area contributed by atoms with E-state index in [1.165, 1.54) is 12.4 Å². The van der Waals surface area contributed by atoms with Crippen molar-refractivity contribution < 1.29 is 23.1 Å². The molecule has 3 N–H and O–H groups in total. The fraction of sp³-hybridized carbons (Fsp3) is 0.433. The van der Waals surface area contributed by atoms with E-state index in [0.29, 0.717) is 29.8 Å². The quantitative estimate of drug-likeness (QED) is 0.303. The van der Waals surface area contributed by atoms with Gasteiger partial charge in [0.05, 0.1) is 25.0 Å². The Morgan fingerprint density at radius 2 is 1.90 bits per heavy atom. The van der Waals surface area contributed by atoms with E-state index >= 15 is 0 Å². The lowest BCUT2D eigenvalue weighted by Crippen LogP contribution is -2.63. The number of benzene rings is 2. The Kier molecular flexibility index (Phi) is 8.99. The van der Waals surface area contributed by atoms with E-state index in [2.05, 4.69) is 16.9 Å². The zero-order valence-corrected chi connectivity index (χ0v) is 22.5. The summed E-state index contributed by atoms with van der Waals surface area (Å²) in [4.78, 5) is 35.2. The number of rotatable bonds is 13. The van der Waals surface area contributed by atoms with Gasteiger partial charge in [0.1, 0.15) is 17.4 Å². The summed E-state index contributed by atoms with van der Waals surface area (Å²) >= 11 is 0. The Balaban J connectivity index is 1.64. The summed E-state index contributed by atoms with van der Waals surface area (Å²) in [5.41, 5.74) is 6.74. The molecule has 2 heterocycles. The molecule has 0 aliphatic carbocycles. The van der Waals surface area contributed by atoms with Gasteiger partial charge in [-0.1, -0.05) is 38.3 Å². The number of unbranched alkanes of at least 4 members (excludes halogenated alkanes) is 2. The Bertz CT molecular complexity index is 1260. The van der Waals surface area contributed by atoms with Crippen LogP contribution in [0.5, 0.6) is 5.75 Å². The number of methoxy groups -OCH3 is 1. The van der Waals surface area contributed by atoms with E-state index in [-0.39, 0.29) is 25.4 Å². The molecule has 7 nitrogen and oxygen atoms in total. The molecule has 9 heteroatoms. The van der Waals surface area contributed by atoms with Gasteiger partial charge in [0.2, 0.25) is 11.8 Å². The topological polar surface area (TPSA) is 101 Å². The number of primary amides is 1. The van der Waals surface area contributed by atoms with Crippen LogP contribution in [-0.4, -0.2) is 46.9 Å². The van der Waals surface area contributed by atoms with Crippen molar-refractivity contribution in [2.24, 2.45) is 11.7 Å². The van der Waals surface area contributed by atoms with Crippen molar-refractivity contribution in [3.63, 3.8) is 0 Å². The fourth-order valence-electron chi connectivity index (χ4n) is 5.72. The summed E-state index contributed by atoms with van der Waals surface area (Å²) in [5.74, 6) is -2.15. The summed E-state index contributed by atoms with van der Waals surface area (Å²) in [6.07, 6.45) is 6.94. The minimum atomic E-state index is -0.660. The third-order valence-corrected chi connectivity index (χ3v) is 7.80. The summed E-state index contributed by atoms with van der Waals surface area (Å²) < 4.78 is 34.4. The number of H-pyrrole nitrogens is 1. The second-order valence-electron chi connectivity index (χ2n) is 10.5. The van der Waals surface area contributed by atoms with Crippen LogP contribution >= 0.6 is 0 Å². The number of halogens is 2. The van der Waals surface area contributed by atoms with E-state index in [1.807, 2.05) is 24.3 Å².